The molecule has 92 valence electrons. The van der Waals surface area contributed by atoms with Crippen molar-refractivity contribution >= 4 is 11.7 Å². The summed E-state index contributed by atoms with van der Waals surface area (Å²) in [5.41, 5.74) is 7.16. The molecule has 0 saturated carbocycles. The molecule has 1 heterocycles. The van der Waals surface area contributed by atoms with E-state index < -0.39 is 5.97 Å². The van der Waals surface area contributed by atoms with E-state index in [0.29, 0.717) is 24.5 Å². The lowest BCUT2D eigenvalue weighted by Crippen LogP contribution is -2.08. The largest absolute Gasteiger partial charge is 0.490 e. The second-order valence-electron chi connectivity index (χ2n) is 3.98. The number of hydrogen-bond donors (Lipinski definition) is 2. The van der Waals surface area contributed by atoms with Crippen molar-refractivity contribution in [2.24, 2.45) is 0 Å². The maximum Gasteiger partial charge on any atom is 0.303 e. The molecule has 1 atom stereocenters. The molecule has 0 spiro atoms. The van der Waals surface area contributed by atoms with Gasteiger partial charge < -0.3 is 20.3 Å². The highest BCUT2D eigenvalue weighted by Crippen LogP contribution is 2.26. The third-order valence-electron chi connectivity index (χ3n) is 2.59. The van der Waals surface area contributed by atoms with Gasteiger partial charge in [-0.2, -0.15) is 0 Å². The zero-order valence-corrected chi connectivity index (χ0v) is 9.39. The Labute approximate surface area is 99.1 Å². The van der Waals surface area contributed by atoms with Crippen LogP contribution < -0.4 is 10.5 Å². The van der Waals surface area contributed by atoms with Crippen molar-refractivity contribution in [1.82, 2.24) is 0 Å². The summed E-state index contributed by atoms with van der Waals surface area (Å²) in [6.45, 7) is 1.22. The molecule has 0 amide bonds. The normalized spacial score (nSPS) is 17.8. The first-order chi connectivity index (χ1) is 8.16. The Morgan fingerprint density at radius 1 is 1.59 bits per heavy atom. The summed E-state index contributed by atoms with van der Waals surface area (Å²) >= 11 is 0. The highest BCUT2D eigenvalue weighted by Gasteiger charge is 2.23. The minimum atomic E-state index is -0.843. The maximum absolute atomic E-state index is 10.6. The molecule has 1 aromatic carbocycles. The van der Waals surface area contributed by atoms with Gasteiger partial charge >= 0.3 is 5.97 Å². The van der Waals surface area contributed by atoms with E-state index in [1.807, 2.05) is 0 Å². The highest BCUT2D eigenvalue weighted by molar-refractivity contribution is 5.68. The second-order valence-corrected chi connectivity index (χ2v) is 3.98. The number of hydrogen-bond acceptors (Lipinski definition) is 4. The Bertz CT molecular complexity index is 415. The molecule has 5 nitrogen and oxygen atoms in total. The number of benzene rings is 1. The summed E-state index contributed by atoms with van der Waals surface area (Å²) in [6, 6.07) is 5.34. The molecule has 0 bridgehead atoms. The standard InChI is InChI=1S/C12H15NO4/c13-10-2-1-3-11(17-7-8-6-16-8)9(10)4-5-12(14)15/h1-3,8H,4-7,13H2,(H,14,15). The van der Waals surface area contributed by atoms with Crippen LogP contribution in [0.5, 0.6) is 5.75 Å². The molecule has 2 rings (SSSR count). The monoisotopic (exact) mass is 237 g/mol. The van der Waals surface area contributed by atoms with E-state index in [-0.39, 0.29) is 12.5 Å². The molecule has 0 aromatic heterocycles. The fourth-order valence-corrected chi connectivity index (χ4v) is 1.56. The van der Waals surface area contributed by atoms with Crippen LogP contribution in [0.1, 0.15) is 12.0 Å². The van der Waals surface area contributed by atoms with Crippen molar-refractivity contribution in [1.29, 1.82) is 0 Å². The first-order valence-electron chi connectivity index (χ1n) is 5.50. The van der Waals surface area contributed by atoms with Gasteiger partial charge in [-0.3, -0.25) is 4.79 Å². The zero-order chi connectivity index (χ0) is 12.3. The summed E-state index contributed by atoms with van der Waals surface area (Å²) < 4.78 is 10.6. The summed E-state index contributed by atoms with van der Waals surface area (Å²) in [6.07, 6.45) is 0.594. The number of carboxylic acid groups (broad SMARTS) is 1. The number of anilines is 1. The van der Waals surface area contributed by atoms with E-state index in [4.69, 9.17) is 20.3 Å². The third-order valence-corrected chi connectivity index (χ3v) is 2.59. The van der Waals surface area contributed by atoms with Gasteiger partial charge in [0.2, 0.25) is 0 Å². The van der Waals surface area contributed by atoms with Crippen LogP contribution >= 0.6 is 0 Å². The van der Waals surface area contributed by atoms with Gasteiger partial charge in [-0.05, 0) is 18.6 Å². The minimum absolute atomic E-state index is 0.0461. The Hall–Kier alpha value is -1.75. The molecule has 5 heteroatoms. The minimum Gasteiger partial charge on any atom is -0.490 e. The number of carbonyl (C=O) groups is 1. The fourth-order valence-electron chi connectivity index (χ4n) is 1.56. The summed E-state index contributed by atoms with van der Waals surface area (Å²) in [7, 11) is 0. The molecule has 3 N–H and O–H groups in total. The van der Waals surface area contributed by atoms with Gasteiger partial charge in [0.05, 0.1) is 6.61 Å². The maximum atomic E-state index is 10.6. The van der Waals surface area contributed by atoms with Gasteiger partial charge in [-0.15, -0.1) is 0 Å². The second kappa shape index (κ2) is 5.05. The van der Waals surface area contributed by atoms with Crippen LogP contribution in [-0.4, -0.2) is 30.4 Å². The third kappa shape index (κ3) is 3.35. The Morgan fingerprint density at radius 2 is 2.35 bits per heavy atom. The Kier molecular flexibility index (Phi) is 3.49. The van der Waals surface area contributed by atoms with Gasteiger partial charge in [0.25, 0.3) is 0 Å². The van der Waals surface area contributed by atoms with Crippen LogP contribution in [0.3, 0.4) is 0 Å². The quantitative estimate of drug-likeness (QED) is 0.571. The van der Waals surface area contributed by atoms with Crippen LogP contribution in [-0.2, 0) is 16.0 Å². The predicted octanol–water partition coefficient (Wildman–Crippen LogP) is 1.06. The summed E-state index contributed by atoms with van der Waals surface area (Å²) in [5, 5.41) is 8.68. The molecule has 17 heavy (non-hydrogen) atoms. The molecule has 0 radical (unpaired) electrons. The van der Waals surface area contributed by atoms with Gasteiger partial charge in [0.15, 0.2) is 0 Å². The summed E-state index contributed by atoms with van der Waals surface area (Å²) in [4.78, 5) is 10.6. The van der Waals surface area contributed by atoms with E-state index in [2.05, 4.69) is 0 Å². The number of aliphatic carboxylic acids is 1. The predicted molar refractivity (Wildman–Crippen MR) is 62.0 cm³/mol. The molecular formula is C12H15NO4. The number of rotatable bonds is 6. The fraction of sp³-hybridized carbons (Fsp3) is 0.417. The van der Waals surface area contributed by atoms with Crippen molar-refractivity contribution < 1.29 is 19.4 Å². The molecule has 0 aliphatic carbocycles. The Morgan fingerprint density at radius 3 is 3.00 bits per heavy atom. The van der Waals surface area contributed by atoms with Crippen LogP contribution in [0.4, 0.5) is 5.69 Å². The van der Waals surface area contributed by atoms with Crippen molar-refractivity contribution in [3.05, 3.63) is 23.8 Å². The lowest BCUT2D eigenvalue weighted by atomic mass is 10.1. The van der Waals surface area contributed by atoms with Gasteiger partial charge in [-0.25, -0.2) is 0 Å². The number of ether oxygens (including phenoxy) is 2. The first-order valence-corrected chi connectivity index (χ1v) is 5.50. The van der Waals surface area contributed by atoms with Crippen LogP contribution in [0.2, 0.25) is 0 Å². The average molecular weight is 237 g/mol. The van der Waals surface area contributed by atoms with E-state index >= 15 is 0 Å². The molecule has 1 saturated heterocycles. The summed E-state index contributed by atoms with van der Waals surface area (Å²) in [5.74, 6) is -0.188. The number of epoxide rings is 1. The van der Waals surface area contributed by atoms with E-state index in [1.165, 1.54) is 0 Å². The molecule has 1 unspecified atom stereocenters. The van der Waals surface area contributed by atoms with E-state index in [1.54, 1.807) is 18.2 Å². The highest BCUT2D eigenvalue weighted by atomic mass is 16.6. The molecule has 1 aliphatic rings. The van der Waals surface area contributed by atoms with E-state index in [0.717, 1.165) is 12.2 Å². The van der Waals surface area contributed by atoms with Crippen molar-refractivity contribution in [2.75, 3.05) is 18.9 Å². The lowest BCUT2D eigenvalue weighted by molar-refractivity contribution is -0.136. The van der Waals surface area contributed by atoms with Crippen molar-refractivity contribution in [3.8, 4) is 5.75 Å². The van der Waals surface area contributed by atoms with Crippen LogP contribution in [0.15, 0.2) is 18.2 Å². The zero-order valence-electron chi connectivity index (χ0n) is 9.39. The van der Waals surface area contributed by atoms with Crippen molar-refractivity contribution in [3.63, 3.8) is 0 Å². The molecule has 1 fully saturated rings. The first kappa shape index (κ1) is 11.7. The van der Waals surface area contributed by atoms with Gasteiger partial charge in [0.1, 0.15) is 18.5 Å². The molecular weight excluding hydrogens is 222 g/mol. The average Bonchev–Trinajstić information content (AvgIpc) is 3.08. The number of nitrogen functional groups attached to an aromatic ring is 1. The van der Waals surface area contributed by atoms with Gasteiger partial charge in [0, 0.05) is 17.7 Å². The van der Waals surface area contributed by atoms with Crippen LogP contribution in [0, 0.1) is 0 Å². The topological polar surface area (TPSA) is 85.1 Å². The smallest absolute Gasteiger partial charge is 0.303 e. The van der Waals surface area contributed by atoms with Crippen LogP contribution in [0.25, 0.3) is 0 Å². The lowest BCUT2D eigenvalue weighted by Gasteiger charge is -2.12. The van der Waals surface area contributed by atoms with Crippen molar-refractivity contribution in [2.45, 2.75) is 18.9 Å². The molecule has 1 aliphatic heterocycles. The molecule has 1 aromatic rings. The Balaban J connectivity index is 2.05. The van der Waals surface area contributed by atoms with E-state index in [9.17, 15) is 4.79 Å². The number of carboxylic acids is 1. The SMILES string of the molecule is Nc1cccc(OCC2CO2)c1CCC(=O)O. The number of nitrogens with two attached hydrogens (primary N) is 1. The van der Waals surface area contributed by atoms with Gasteiger partial charge in [-0.1, -0.05) is 6.07 Å².